The summed E-state index contributed by atoms with van der Waals surface area (Å²) in [4.78, 5) is 1.81. The fraction of sp³-hybridized carbons (Fsp3) is 0.280. The highest BCUT2D eigenvalue weighted by atomic mass is 19.4. The predicted molar refractivity (Wildman–Crippen MR) is 120 cm³/mol. The van der Waals surface area contributed by atoms with Gasteiger partial charge in [0, 0.05) is 25.4 Å². The molecule has 13 heteroatoms. The first-order chi connectivity index (χ1) is 17.4. The van der Waals surface area contributed by atoms with Crippen molar-refractivity contribution in [2.45, 2.75) is 31.1 Å². The zero-order chi connectivity index (χ0) is 29.1. The second kappa shape index (κ2) is 10.7. The minimum absolute atomic E-state index is 0.0214. The van der Waals surface area contributed by atoms with Crippen LogP contribution in [0.4, 0.5) is 45.2 Å². The smallest absolute Gasteiger partial charge is 0.442 e. The Kier molecular flexibility index (Phi) is 8.47. The largest absolute Gasteiger partial charge is 0.462 e. The van der Waals surface area contributed by atoms with Crippen molar-refractivity contribution < 1.29 is 44.3 Å². The normalized spacial score (nSPS) is 18.0. The number of benzene rings is 1. The Labute approximate surface area is 211 Å². The molecule has 0 unspecified atom stereocenters. The van der Waals surface area contributed by atoms with Crippen LogP contribution in [0.15, 0.2) is 76.6 Å². The number of rotatable bonds is 5. The SMILES string of the molecule is C/C(C#N)=C1\OC(C(F)(F)F)(C(F)(F)F)C(C(=C/C=C/C=C/c2ccc(N(C)C)cc2)/C(F)(F)F)=C1C#N. The lowest BCUT2D eigenvalue weighted by molar-refractivity contribution is -0.351. The van der Waals surface area contributed by atoms with Crippen LogP contribution in [0.5, 0.6) is 0 Å². The summed E-state index contributed by atoms with van der Waals surface area (Å²) in [6.07, 6.45) is -14.6. The van der Waals surface area contributed by atoms with E-state index in [2.05, 4.69) is 4.74 Å². The van der Waals surface area contributed by atoms with E-state index in [0.717, 1.165) is 17.8 Å². The highest BCUT2D eigenvalue weighted by Gasteiger charge is 2.80. The number of ether oxygens (including phenoxy) is 1. The Morgan fingerprint density at radius 1 is 0.895 bits per heavy atom. The molecular formula is C25H18F9N3O. The van der Waals surface area contributed by atoms with E-state index >= 15 is 0 Å². The molecule has 0 aliphatic carbocycles. The zero-order valence-electron chi connectivity index (χ0n) is 19.8. The topological polar surface area (TPSA) is 60.0 Å². The average Bonchev–Trinajstić information content (AvgIpc) is 3.16. The summed E-state index contributed by atoms with van der Waals surface area (Å²) < 4.78 is 130. The Balaban J connectivity index is 2.74. The Morgan fingerprint density at radius 2 is 1.45 bits per heavy atom. The van der Waals surface area contributed by atoms with E-state index in [1.54, 1.807) is 38.4 Å². The molecule has 0 amide bonds. The number of anilines is 1. The van der Waals surface area contributed by atoms with Gasteiger partial charge < -0.3 is 9.64 Å². The molecule has 1 aromatic carbocycles. The maximum Gasteiger partial charge on any atom is 0.442 e. The molecule has 4 nitrogen and oxygen atoms in total. The molecule has 0 bridgehead atoms. The zero-order valence-corrected chi connectivity index (χ0v) is 19.8. The summed E-state index contributed by atoms with van der Waals surface area (Å²) in [5, 5.41) is 18.3. The number of hydrogen-bond acceptors (Lipinski definition) is 4. The summed E-state index contributed by atoms with van der Waals surface area (Å²) in [6.45, 7) is 0.708. The van der Waals surface area contributed by atoms with Gasteiger partial charge in [-0.2, -0.15) is 50.0 Å². The van der Waals surface area contributed by atoms with Crippen LogP contribution in [0.1, 0.15) is 12.5 Å². The minimum Gasteiger partial charge on any atom is -0.462 e. The van der Waals surface area contributed by atoms with Crippen molar-refractivity contribution in [3.63, 3.8) is 0 Å². The Hall–Kier alpha value is -4.13. The van der Waals surface area contributed by atoms with E-state index in [0.29, 0.717) is 18.6 Å². The van der Waals surface area contributed by atoms with Crippen molar-refractivity contribution in [1.82, 2.24) is 0 Å². The molecule has 38 heavy (non-hydrogen) atoms. The first kappa shape index (κ1) is 30.1. The van der Waals surface area contributed by atoms with E-state index < -0.39 is 52.2 Å². The van der Waals surface area contributed by atoms with Gasteiger partial charge in [0.1, 0.15) is 11.6 Å². The van der Waals surface area contributed by atoms with Crippen LogP contribution in [0, 0.1) is 22.7 Å². The van der Waals surface area contributed by atoms with Crippen molar-refractivity contribution in [2.24, 2.45) is 0 Å². The third-order valence-corrected chi connectivity index (χ3v) is 5.26. The van der Waals surface area contributed by atoms with E-state index in [9.17, 15) is 44.8 Å². The number of hydrogen-bond donors (Lipinski definition) is 0. The van der Waals surface area contributed by atoms with Crippen LogP contribution in [0.2, 0.25) is 0 Å². The maximum atomic E-state index is 13.9. The fourth-order valence-corrected chi connectivity index (χ4v) is 3.44. The molecular weight excluding hydrogens is 529 g/mol. The molecule has 0 saturated heterocycles. The minimum atomic E-state index is -6.49. The molecule has 0 spiro atoms. The van der Waals surface area contributed by atoms with Crippen LogP contribution in [-0.2, 0) is 4.74 Å². The summed E-state index contributed by atoms with van der Waals surface area (Å²) in [7, 11) is 3.60. The number of nitriles is 2. The molecule has 0 N–H and O–H groups in total. The van der Waals surface area contributed by atoms with Gasteiger partial charge in [-0.1, -0.05) is 36.4 Å². The quantitative estimate of drug-likeness (QED) is 0.220. The second-order valence-electron chi connectivity index (χ2n) is 8.01. The maximum absolute atomic E-state index is 13.9. The lowest BCUT2D eigenvalue weighted by atomic mass is 9.84. The van der Waals surface area contributed by atoms with Gasteiger partial charge in [-0.05, 0) is 30.7 Å². The third kappa shape index (κ3) is 5.72. The molecule has 1 aromatic rings. The van der Waals surface area contributed by atoms with Gasteiger partial charge in [0.05, 0.1) is 17.2 Å². The first-order valence-corrected chi connectivity index (χ1v) is 10.4. The van der Waals surface area contributed by atoms with Crippen molar-refractivity contribution in [2.75, 3.05) is 19.0 Å². The predicted octanol–water partition coefficient (Wildman–Crippen LogP) is 7.32. The summed E-state index contributed by atoms with van der Waals surface area (Å²) in [5.41, 5.74) is -11.6. The number of nitrogens with zero attached hydrogens (tertiary/aromatic N) is 3. The van der Waals surface area contributed by atoms with Crippen LogP contribution in [-0.4, -0.2) is 38.2 Å². The van der Waals surface area contributed by atoms with Gasteiger partial charge in [-0.25, -0.2) is 0 Å². The van der Waals surface area contributed by atoms with Crippen LogP contribution in [0.25, 0.3) is 6.08 Å². The van der Waals surface area contributed by atoms with Gasteiger partial charge >= 0.3 is 24.1 Å². The molecule has 0 atom stereocenters. The Morgan fingerprint density at radius 3 is 1.87 bits per heavy atom. The molecule has 2 rings (SSSR count). The van der Waals surface area contributed by atoms with Gasteiger partial charge in [-0.15, -0.1) is 0 Å². The summed E-state index contributed by atoms with van der Waals surface area (Å²) in [5.74, 6) is -1.54. The van der Waals surface area contributed by atoms with Crippen LogP contribution in [0.3, 0.4) is 0 Å². The molecule has 0 aromatic heterocycles. The van der Waals surface area contributed by atoms with Crippen molar-refractivity contribution >= 4 is 11.8 Å². The molecule has 0 fully saturated rings. The van der Waals surface area contributed by atoms with E-state index in [-0.39, 0.29) is 6.08 Å². The standard InChI is InChI=1S/C25H18F9N3O/c1-15(13-35)21-18(14-36)20(22(38-21,24(29,30)31)25(32,33)34)19(23(26,27)28)8-6-4-5-7-16-9-11-17(12-10-16)37(2)3/h4-12H,1-3H3/b6-4+,7-5+,19-8-,21-15+. The van der Waals surface area contributed by atoms with Crippen molar-refractivity contribution in [3.05, 3.63) is 82.2 Å². The van der Waals surface area contributed by atoms with E-state index in [4.69, 9.17) is 5.26 Å². The molecule has 0 radical (unpaired) electrons. The van der Waals surface area contributed by atoms with Gasteiger partial charge in [0.2, 0.25) is 0 Å². The molecule has 1 aliphatic rings. The monoisotopic (exact) mass is 547 g/mol. The van der Waals surface area contributed by atoms with Gasteiger partial charge in [0.25, 0.3) is 0 Å². The molecule has 202 valence electrons. The van der Waals surface area contributed by atoms with Crippen LogP contribution >= 0.6 is 0 Å². The highest BCUT2D eigenvalue weighted by molar-refractivity contribution is 5.64. The van der Waals surface area contributed by atoms with E-state index in [1.807, 2.05) is 4.90 Å². The van der Waals surface area contributed by atoms with Crippen molar-refractivity contribution in [3.8, 4) is 12.1 Å². The molecule has 0 saturated carbocycles. The van der Waals surface area contributed by atoms with Gasteiger partial charge in [0.15, 0.2) is 5.76 Å². The summed E-state index contributed by atoms with van der Waals surface area (Å²) >= 11 is 0. The highest BCUT2D eigenvalue weighted by Crippen LogP contribution is 2.60. The Bertz CT molecular complexity index is 1280. The third-order valence-electron chi connectivity index (χ3n) is 5.26. The number of halogens is 9. The molecule has 1 aliphatic heterocycles. The first-order valence-electron chi connectivity index (χ1n) is 10.4. The fourth-order valence-electron chi connectivity index (χ4n) is 3.44. The lowest BCUT2D eigenvalue weighted by Crippen LogP contribution is -2.59. The van der Waals surface area contributed by atoms with Crippen molar-refractivity contribution in [1.29, 1.82) is 10.5 Å². The average molecular weight is 547 g/mol. The molecule has 1 heterocycles. The van der Waals surface area contributed by atoms with E-state index in [1.165, 1.54) is 18.2 Å². The number of alkyl halides is 9. The summed E-state index contributed by atoms with van der Waals surface area (Å²) in [6, 6.07) is 8.95. The lowest BCUT2D eigenvalue weighted by Gasteiger charge is -2.36. The number of allylic oxidation sites excluding steroid dienone is 6. The second-order valence-corrected chi connectivity index (χ2v) is 8.01. The van der Waals surface area contributed by atoms with Crippen LogP contribution < -0.4 is 4.90 Å². The van der Waals surface area contributed by atoms with Gasteiger partial charge in [-0.3, -0.25) is 0 Å².